The number of fused-ring (bicyclic) bond motifs is 1. The van der Waals surface area contributed by atoms with E-state index in [0.717, 1.165) is 43.3 Å². The van der Waals surface area contributed by atoms with Crippen LogP contribution in [-0.2, 0) is 6.42 Å². The maximum absolute atomic E-state index is 13.3. The van der Waals surface area contributed by atoms with Crippen molar-refractivity contribution in [1.29, 1.82) is 0 Å². The Morgan fingerprint density at radius 1 is 0.939 bits per heavy atom. The van der Waals surface area contributed by atoms with Crippen LogP contribution < -0.4 is 0 Å². The standard InChI is InChI=1S/C29H29N3O/c1-3-21-9-5-7-11-24(21)28(23-10-6-4-8-20(23)2)22-13-16-32(17-14-22)29(33)26-18-30-19-27-25(26)12-15-31-27/h4-12,15,18-19,31H,3,13-14,16-17H2,1-2H3. The van der Waals surface area contributed by atoms with E-state index in [-0.39, 0.29) is 5.91 Å². The van der Waals surface area contributed by atoms with Crippen molar-refractivity contribution in [2.75, 3.05) is 13.1 Å². The number of pyridine rings is 1. The van der Waals surface area contributed by atoms with Crippen molar-refractivity contribution in [2.24, 2.45) is 0 Å². The quantitative estimate of drug-likeness (QED) is 0.417. The van der Waals surface area contributed by atoms with Crippen LogP contribution in [0.2, 0.25) is 0 Å². The molecule has 4 aromatic rings. The summed E-state index contributed by atoms with van der Waals surface area (Å²) in [5.74, 6) is 0.0677. The van der Waals surface area contributed by atoms with Crippen LogP contribution in [0, 0.1) is 6.92 Å². The van der Waals surface area contributed by atoms with E-state index in [2.05, 4.69) is 72.3 Å². The van der Waals surface area contributed by atoms with E-state index < -0.39 is 0 Å². The highest BCUT2D eigenvalue weighted by Crippen LogP contribution is 2.36. The van der Waals surface area contributed by atoms with Gasteiger partial charge in [-0.1, -0.05) is 61.0 Å². The Kier molecular flexibility index (Phi) is 5.82. The van der Waals surface area contributed by atoms with Crippen LogP contribution in [0.5, 0.6) is 0 Å². The number of nitrogens with zero attached hydrogens (tertiary/aromatic N) is 2. The fourth-order valence-corrected chi connectivity index (χ4v) is 5.00. The van der Waals surface area contributed by atoms with Gasteiger partial charge in [-0.3, -0.25) is 9.78 Å². The van der Waals surface area contributed by atoms with Crippen molar-refractivity contribution < 1.29 is 4.79 Å². The fourth-order valence-electron chi connectivity index (χ4n) is 5.00. The van der Waals surface area contributed by atoms with Gasteiger partial charge in [0, 0.05) is 30.9 Å². The number of amides is 1. The molecule has 0 unspecified atom stereocenters. The predicted octanol–water partition coefficient (Wildman–Crippen LogP) is 6.17. The van der Waals surface area contributed by atoms with Crippen LogP contribution in [0.25, 0.3) is 16.5 Å². The van der Waals surface area contributed by atoms with Crippen molar-refractivity contribution in [2.45, 2.75) is 33.1 Å². The van der Waals surface area contributed by atoms with Gasteiger partial charge < -0.3 is 9.88 Å². The molecule has 0 bridgehead atoms. The molecule has 0 radical (unpaired) electrons. The molecule has 0 aliphatic carbocycles. The van der Waals surface area contributed by atoms with E-state index in [9.17, 15) is 4.79 Å². The monoisotopic (exact) mass is 435 g/mol. The zero-order chi connectivity index (χ0) is 22.8. The summed E-state index contributed by atoms with van der Waals surface area (Å²) in [4.78, 5) is 22.7. The third kappa shape index (κ3) is 3.97. The molecule has 1 amide bonds. The van der Waals surface area contributed by atoms with Crippen molar-refractivity contribution in [3.8, 4) is 0 Å². The summed E-state index contributed by atoms with van der Waals surface area (Å²) in [5, 5.41) is 0.939. The highest BCUT2D eigenvalue weighted by molar-refractivity contribution is 6.06. The molecule has 1 fully saturated rings. The third-order valence-electron chi connectivity index (χ3n) is 6.80. The van der Waals surface area contributed by atoms with Crippen LogP contribution in [0.1, 0.15) is 52.4 Å². The van der Waals surface area contributed by atoms with Gasteiger partial charge in [0.15, 0.2) is 0 Å². The molecular formula is C29H29N3O. The first kappa shape index (κ1) is 21.2. The zero-order valence-electron chi connectivity index (χ0n) is 19.3. The van der Waals surface area contributed by atoms with E-state index in [0.29, 0.717) is 5.56 Å². The number of nitrogens with one attached hydrogen (secondary N) is 1. The Bertz CT molecular complexity index is 1340. The number of hydrogen-bond donors (Lipinski definition) is 1. The Balaban J connectivity index is 1.50. The molecular weight excluding hydrogens is 406 g/mol. The van der Waals surface area contributed by atoms with E-state index >= 15 is 0 Å². The second-order valence-corrected chi connectivity index (χ2v) is 8.72. The largest absolute Gasteiger partial charge is 0.360 e. The van der Waals surface area contributed by atoms with Crippen molar-refractivity contribution >= 4 is 22.4 Å². The second kappa shape index (κ2) is 9.07. The lowest BCUT2D eigenvalue weighted by Gasteiger charge is -2.31. The van der Waals surface area contributed by atoms with Gasteiger partial charge in [-0.15, -0.1) is 0 Å². The molecule has 4 nitrogen and oxygen atoms in total. The Morgan fingerprint density at radius 2 is 1.67 bits per heavy atom. The maximum atomic E-state index is 13.3. The molecule has 2 aromatic heterocycles. The Morgan fingerprint density at radius 3 is 2.42 bits per heavy atom. The third-order valence-corrected chi connectivity index (χ3v) is 6.80. The topological polar surface area (TPSA) is 49.0 Å². The summed E-state index contributed by atoms with van der Waals surface area (Å²) < 4.78 is 0. The summed E-state index contributed by atoms with van der Waals surface area (Å²) in [6, 6.07) is 19.4. The second-order valence-electron chi connectivity index (χ2n) is 8.72. The molecule has 0 spiro atoms. The lowest BCUT2D eigenvalue weighted by atomic mass is 9.84. The van der Waals surface area contributed by atoms with Gasteiger partial charge in [-0.25, -0.2) is 0 Å². The predicted molar refractivity (Wildman–Crippen MR) is 134 cm³/mol. The number of carbonyl (C=O) groups is 1. The SMILES string of the molecule is CCc1ccccc1C(=C1CCN(C(=O)c2cncc3[nH]ccc23)CC1)c1ccccc1C. The molecule has 1 aliphatic heterocycles. The summed E-state index contributed by atoms with van der Waals surface area (Å²) >= 11 is 0. The van der Waals surface area contributed by atoms with E-state index in [1.807, 2.05) is 17.2 Å². The maximum Gasteiger partial charge on any atom is 0.256 e. The summed E-state index contributed by atoms with van der Waals surface area (Å²) in [7, 11) is 0. The molecule has 2 aromatic carbocycles. The zero-order valence-corrected chi connectivity index (χ0v) is 19.3. The van der Waals surface area contributed by atoms with Gasteiger partial charge in [0.25, 0.3) is 5.91 Å². The number of aromatic amines is 1. The van der Waals surface area contributed by atoms with Gasteiger partial charge in [-0.2, -0.15) is 0 Å². The first-order chi connectivity index (χ1) is 16.2. The molecule has 33 heavy (non-hydrogen) atoms. The summed E-state index contributed by atoms with van der Waals surface area (Å²) in [5.41, 5.74) is 9.65. The van der Waals surface area contributed by atoms with E-state index in [1.165, 1.54) is 33.4 Å². The number of carbonyl (C=O) groups excluding carboxylic acids is 1. The number of aryl methyl sites for hydroxylation is 2. The van der Waals surface area contributed by atoms with Crippen molar-refractivity contribution in [3.05, 3.63) is 107 Å². The van der Waals surface area contributed by atoms with Crippen LogP contribution >= 0.6 is 0 Å². The van der Waals surface area contributed by atoms with Crippen LogP contribution in [0.4, 0.5) is 0 Å². The Hall–Kier alpha value is -3.66. The normalized spacial score (nSPS) is 14.0. The van der Waals surface area contributed by atoms with E-state index in [4.69, 9.17) is 0 Å². The van der Waals surface area contributed by atoms with Gasteiger partial charge >= 0.3 is 0 Å². The fraction of sp³-hybridized carbons (Fsp3) is 0.241. The highest BCUT2D eigenvalue weighted by Gasteiger charge is 2.25. The Labute approximate surface area is 195 Å². The van der Waals surface area contributed by atoms with Gasteiger partial charge in [-0.05, 0) is 60.1 Å². The lowest BCUT2D eigenvalue weighted by Crippen LogP contribution is -2.36. The van der Waals surface area contributed by atoms with Crippen molar-refractivity contribution in [1.82, 2.24) is 14.9 Å². The van der Waals surface area contributed by atoms with Gasteiger partial charge in [0.1, 0.15) is 0 Å². The number of rotatable bonds is 4. The molecule has 166 valence electrons. The number of H-pyrrole nitrogens is 1. The van der Waals surface area contributed by atoms with Crippen molar-refractivity contribution in [3.63, 3.8) is 0 Å². The van der Waals surface area contributed by atoms with E-state index in [1.54, 1.807) is 12.4 Å². The van der Waals surface area contributed by atoms with Crippen LogP contribution in [-0.4, -0.2) is 33.9 Å². The number of hydrogen-bond acceptors (Lipinski definition) is 2. The van der Waals surface area contributed by atoms with Crippen LogP contribution in [0.3, 0.4) is 0 Å². The number of likely N-dealkylation sites (tertiary alicyclic amines) is 1. The molecule has 0 saturated carbocycles. The molecule has 5 rings (SSSR count). The van der Waals surface area contributed by atoms with Crippen LogP contribution in [0.15, 0.2) is 78.8 Å². The van der Waals surface area contributed by atoms with Gasteiger partial charge in [0.2, 0.25) is 0 Å². The lowest BCUT2D eigenvalue weighted by molar-refractivity contribution is 0.0745. The molecule has 0 atom stereocenters. The minimum Gasteiger partial charge on any atom is -0.360 e. The molecule has 3 heterocycles. The number of benzene rings is 2. The molecule has 1 saturated heterocycles. The van der Waals surface area contributed by atoms with Gasteiger partial charge in [0.05, 0.1) is 17.3 Å². The highest BCUT2D eigenvalue weighted by atomic mass is 16.2. The first-order valence-electron chi connectivity index (χ1n) is 11.7. The smallest absolute Gasteiger partial charge is 0.256 e. The molecule has 1 aliphatic rings. The summed E-state index contributed by atoms with van der Waals surface area (Å²) in [6.07, 6.45) is 8.08. The summed E-state index contributed by atoms with van der Waals surface area (Å²) in [6.45, 7) is 5.85. The number of piperidine rings is 1. The number of aromatic nitrogens is 2. The molecule has 4 heteroatoms. The molecule has 1 N–H and O–H groups in total. The minimum absolute atomic E-state index is 0.0677. The average molecular weight is 436 g/mol. The average Bonchev–Trinajstić information content (AvgIpc) is 3.35. The first-order valence-corrected chi connectivity index (χ1v) is 11.7. The minimum atomic E-state index is 0.0677.